The van der Waals surface area contributed by atoms with Gasteiger partial charge in [-0.1, -0.05) is 18.2 Å². The number of nitrogens with one attached hydrogen (secondary N) is 2. The summed E-state index contributed by atoms with van der Waals surface area (Å²) < 4.78 is 0. The lowest BCUT2D eigenvalue weighted by atomic mass is 10.1. The molecule has 0 saturated heterocycles. The van der Waals surface area contributed by atoms with Crippen molar-refractivity contribution in [1.29, 1.82) is 0 Å². The third-order valence-electron chi connectivity index (χ3n) is 3.18. The topological polar surface area (TPSA) is 74.2 Å². The van der Waals surface area contributed by atoms with Crippen LogP contribution in [0.5, 0.6) is 0 Å². The van der Waals surface area contributed by atoms with Crippen LogP contribution in [-0.4, -0.2) is 16.1 Å². The molecule has 3 N–H and O–H groups in total. The maximum Gasteiger partial charge on any atom is 0.274 e. The number of hydrogen-bond acceptors (Lipinski definition) is 4. The highest BCUT2D eigenvalue weighted by molar-refractivity contribution is 5.95. The number of anilines is 2. The van der Waals surface area contributed by atoms with Gasteiger partial charge in [0.25, 0.3) is 5.91 Å². The summed E-state index contributed by atoms with van der Waals surface area (Å²) in [5, 5.41) is 12.9. The Bertz CT molecular complexity index is 780. The predicted molar refractivity (Wildman–Crippen MR) is 80.7 cm³/mol. The van der Waals surface area contributed by atoms with Crippen LogP contribution >= 0.6 is 0 Å². The van der Waals surface area contributed by atoms with Crippen molar-refractivity contribution in [3.05, 3.63) is 66.4 Å². The quantitative estimate of drug-likeness (QED) is 0.509. The Labute approximate surface area is 121 Å². The van der Waals surface area contributed by atoms with E-state index in [9.17, 15) is 4.79 Å². The first-order valence-electron chi connectivity index (χ1n) is 6.43. The van der Waals surface area contributed by atoms with Crippen LogP contribution in [0.2, 0.25) is 0 Å². The van der Waals surface area contributed by atoms with Gasteiger partial charge in [0.1, 0.15) is 0 Å². The van der Waals surface area contributed by atoms with Crippen molar-refractivity contribution < 1.29 is 10.0 Å². The van der Waals surface area contributed by atoms with Crippen molar-refractivity contribution in [2.24, 2.45) is 0 Å². The number of fused-ring (bicyclic) bond motifs is 1. The largest absolute Gasteiger partial charge is 0.355 e. The van der Waals surface area contributed by atoms with E-state index in [1.54, 1.807) is 35.9 Å². The lowest BCUT2D eigenvalue weighted by Crippen LogP contribution is -2.18. The number of benzene rings is 2. The van der Waals surface area contributed by atoms with Crippen LogP contribution in [0.25, 0.3) is 10.9 Å². The number of hydrogen-bond donors (Lipinski definition) is 3. The number of hydroxylamine groups is 1. The molecule has 5 nitrogen and oxygen atoms in total. The van der Waals surface area contributed by atoms with Gasteiger partial charge in [-0.05, 0) is 36.4 Å². The van der Waals surface area contributed by atoms with E-state index in [1.165, 1.54) is 0 Å². The summed E-state index contributed by atoms with van der Waals surface area (Å²) in [7, 11) is 0. The smallest absolute Gasteiger partial charge is 0.274 e. The van der Waals surface area contributed by atoms with Gasteiger partial charge >= 0.3 is 0 Å². The van der Waals surface area contributed by atoms with E-state index in [-0.39, 0.29) is 0 Å². The summed E-state index contributed by atoms with van der Waals surface area (Å²) in [5.74, 6) is -0.532. The molecule has 0 bridgehead atoms. The normalized spacial score (nSPS) is 10.3. The fourth-order valence-electron chi connectivity index (χ4n) is 2.13. The Kier molecular flexibility index (Phi) is 3.49. The maximum atomic E-state index is 11.3. The third kappa shape index (κ3) is 2.68. The molecule has 0 atom stereocenters. The van der Waals surface area contributed by atoms with Gasteiger partial charge in [-0.2, -0.15) is 0 Å². The van der Waals surface area contributed by atoms with E-state index >= 15 is 0 Å². The maximum absolute atomic E-state index is 11.3. The van der Waals surface area contributed by atoms with Crippen LogP contribution in [0.15, 0.2) is 60.8 Å². The number of carbonyl (C=O) groups excluding carboxylic acids is 1. The van der Waals surface area contributed by atoms with Gasteiger partial charge in [-0.3, -0.25) is 15.0 Å². The van der Waals surface area contributed by atoms with E-state index in [0.29, 0.717) is 5.56 Å². The monoisotopic (exact) mass is 279 g/mol. The van der Waals surface area contributed by atoms with Crippen LogP contribution in [0.4, 0.5) is 11.4 Å². The highest BCUT2D eigenvalue weighted by atomic mass is 16.5. The molecule has 0 aliphatic heterocycles. The minimum atomic E-state index is -0.532. The van der Waals surface area contributed by atoms with Crippen molar-refractivity contribution in [1.82, 2.24) is 10.5 Å². The zero-order chi connectivity index (χ0) is 14.7. The van der Waals surface area contributed by atoms with Crippen molar-refractivity contribution in [3.63, 3.8) is 0 Å². The summed E-state index contributed by atoms with van der Waals surface area (Å²) in [5.41, 5.74) is 4.71. The highest BCUT2D eigenvalue weighted by Gasteiger charge is 2.05. The first-order chi connectivity index (χ1) is 10.3. The molecule has 0 spiro atoms. The molecular weight excluding hydrogens is 266 g/mol. The summed E-state index contributed by atoms with van der Waals surface area (Å²) in [4.78, 5) is 15.6. The molecule has 0 saturated carbocycles. The van der Waals surface area contributed by atoms with Gasteiger partial charge in [0.05, 0.1) is 5.52 Å². The number of pyridine rings is 1. The molecule has 0 aliphatic carbocycles. The molecule has 104 valence electrons. The number of amides is 1. The molecule has 0 aliphatic rings. The molecule has 3 rings (SSSR count). The molecule has 5 heteroatoms. The van der Waals surface area contributed by atoms with Gasteiger partial charge in [0.2, 0.25) is 0 Å². The van der Waals surface area contributed by atoms with Crippen LogP contribution in [0.3, 0.4) is 0 Å². The first-order valence-corrected chi connectivity index (χ1v) is 6.43. The molecule has 0 unspecified atom stereocenters. The summed E-state index contributed by atoms with van der Waals surface area (Å²) in [6.45, 7) is 0. The van der Waals surface area contributed by atoms with Crippen molar-refractivity contribution >= 4 is 28.2 Å². The van der Waals surface area contributed by atoms with E-state index in [1.807, 2.05) is 30.3 Å². The Morgan fingerprint density at radius 2 is 1.76 bits per heavy atom. The zero-order valence-electron chi connectivity index (χ0n) is 11.1. The second kappa shape index (κ2) is 5.60. The molecular formula is C16H13N3O2. The minimum absolute atomic E-state index is 0.391. The molecule has 3 aromatic rings. The van der Waals surface area contributed by atoms with Gasteiger partial charge < -0.3 is 5.32 Å². The first kappa shape index (κ1) is 13.1. The minimum Gasteiger partial charge on any atom is -0.355 e. The van der Waals surface area contributed by atoms with Gasteiger partial charge in [-0.15, -0.1) is 0 Å². The standard InChI is InChI=1S/C16H13N3O2/c20-16(19-21)11-5-7-12(8-6-11)18-15-9-10-17-14-4-2-1-3-13(14)15/h1-10,21H,(H,17,18)(H,19,20). The molecule has 21 heavy (non-hydrogen) atoms. The average molecular weight is 279 g/mol. The Morgan fingerprint density at radius 1 is 1.00 bits per heavy atom. The summed E-state index contributed by atoms with van der Waals surface area (Å²) in [6, 6.07) is 16.6. The van der Waals surface area contributed by atoms with E-state index in [4.69, 9.17) is 5.21 Å². The van der Waals surface area contributed by atoms with Crippen LogP contribution in [0.1, 0.15) is 10.4 Å². The van der Waals surface area contributed by atoms with Gasteiger partial charge in [0.15, 0.2) is 0 Å². The van der Waals surface area contributed by atoms with Gasteiger partial charge in [0, 0.05) is 28.5 Å². The second-order valence-corrected chi connectivity index (χ2v) is 4.52. The molecule has 0 fully saturated rings. The van der Waals surface area contributed by atoms with Crippen LogP contribution < -0.4 is 10.8 Å². The van der Waals surface area contributed by atoms with Crippen LogP contribution in [-0.2, 0) is 0 Å². The fourth-order valence-corrected chi connectivity index (χ4v) is 2.13. The summed E-state index contributed by atoms with van der Waals surface area (Å²) >= 11 is 0. The Morgan fingerprint density at radius 3 is 2.52 bits per heavy atom. The zero-order valence-corrected chi connectivity index (χ0v) is 11.1. The highest BCUT2D eigenvalue weighted by Crippen LogP contribution is 2.24. The summed E-state index contributed by atoms with van der Waals surface area (Å²) in [6.07, 6.45) is 1.75. The number of nitrogens with zero attached hydrogens (tertiary/aromatic N) is 1. The van der Waals surface area contributed by atoms with Crippen LogP contribution in [0, 0.1) is 0 Å². The number of carbonyl (C=O) groups is 1. The Balaban J connectivity index is 1.90. The number of aromatic nitrogens is 1. The van der Waals surface area contributed by atoms with Crippen molar-refractivity contribution in [2.75, 3.05) is 5.32 Å². The number of rotatable bonds is 3. The second-order valence-electron chi connectivity index (χ2n) is 4.52. The van der Waals surface area contributed by atoms with Crippen molar-refractivity contribution in [2.45, 2.75) is 0 Å². The molecule has 1 amide bonds. The van der Waals surface area contributed by atoms with Crippen molar-refractivity contribution in [3.8, 4) is 0 Å². The molecule has 0 radical (unpaired) electrons. The SMILES string of the molecule is O=C(NO)c1ccc(Nc2ccnc3ccccc23)cc1. The van der Waals surface area contributed by atoms with E-state index < -0.39 is 5.91 Å². The number of para-hydroxylation sites is 1. The van der Waals surface area contributed by atoms with E-state index in [2.05, 4.69) is 10.3 Å². The Hall–Kier alpha value is -2.92. The fraction of sp³-hybridized carbons (Fsp3) is 0. The lowest BCUT2D eigenvalue weighted by Gasteiger charge is -2.09. The third-order valence-corrected chi connectivity index (χ3v) is 3.18. The average Bonchev–Trinajstić information content (AvgIpc) is 2.55. The molecule has 1 heterocycles. The molecule has 1 aromatic heterocycles. The lowest BCUT2D eigenvalue weighted by molar-refractivity contribution is 0.0706. The predicted octanol–water partition coefficient (Wildman–Crippen LogP) is 3.10. The van der Waals surface area contributed by atoms with Gasteiger partial charge in [-0.25, -0.2) is 5.48 Å². The van der Waals surface area contributed by atoms with E-state index in [0.717, 1.165) is 22.3 Å². The molecule has 2 aromatic carbocycles.